The average Bonchev–Trinajstić information content (AvgIpc) is 2.19. The standard InChI is InChI=1S/C10H12N2O/c1-2-3-6-13-10-5-4-9(7-11)12-8-10/h4-5,8H,2-3,6H2,1H3. The normalized spacial score (nSPS) is 9.23. The average molecular weight is 176 g/mol. The predicted molar refractivity (Wildman–Crippen MR) is 49.4 cm³/mol. The van der Waals surface area contributed by atoms with Gasteiger partial charge in [0.15, 0.2) is 0 Å². The van der Waals surface area contributed by atoms with Crippen LogP contribution in [0.3, 0.4) is 0 Å². The molecular weight excluding hydrogens is 164 g/mol. The summed E-state index contributed by atoms with van der Waals surface area (Å²) in [4.78, 5) is 3.89. The molecule has 0 bridgehead atoms. The molecule has 1 heterocycles. The molecule has 0 aliphatic rings. The first-order chi connectivity index (χ1) is 6.36. The summed E-state index contributed by atoms with van der Waals surface area (Å²) in [6, 6.07) is 5.37. The number of ether oxygens (including phenoxy) is 1. The van der Waals surface area contributed by atoms with Gasteiger partial charge in [-0.05, 0) is 18.6 Å². The lowest BCUT2D eigenvalue weighted by molar-refractivity contribution is 0.308. The van der Waals surface area contributed by atoms with Crippen LogP contribution in [0.25, 0.3) is 0 Å². The van der Waals surface area contributed by atoms with Crippen LogP contribution >= 0.6 is 0 Å². The van der Waals surface area contributed by atoms with Gasteiger partial charge in [-0.3, -0.25) is 0 Å². The summed E-state index contributed by atoms with van der Waals surface area (Å²) in [7, 11) is 0. The van der Waals surface area contributed by atoms with E-state index >= 15 is 0 Å². The monoisotopic (exact) mass is 176 g/mol. The van der Waals surface area contributed by atoms with E-state index in [1.165, 1.54) is 0 Å². The molecule has 13 heavy (non-hydrogen) atoms. The third-order valence-electron chi connectivity index (χ3n) is 1.62. The van der Waals surface area contributed by atoms with Crippen molar-refractivity contribution in [1.29, 1.82) is 5.26 Å². The topological polar surface area (TPSA) is 45.9 Å². The van der Waals surface area contributed by atoms with Crippen LogP contribution in [-0.4, -0.2) is 11.6 Å². The predicted octanol–water partition coefficient (Wildman–Crippen LogP) is 2.13. The fourth-order valence-electron chi connectivity index (χ4n) is 0.866. The molecule has 0 saturated carbocycles. The van der Waals surface area contributed by atoms with Gasteiger partial charge in [0.05, 0.1) is 12.8 Å². The smallest absolute Gasteiger partial charge is 0.140 e. The van der Waals surface area contributed by atoms with Crippen LogP contribution in [0.4, 0.5) is 0 Å². The number of nitrogens with zero attached hydrogens (tertiary/aromatic N) is 2. The molecule has 0 fully saturated rings. The Morgan fingerprint density at radius 1 is 1.54 bits per heavy atom. The molecule has 3 nitrogen and oxygen atoms in total. The van der Waals surface area contributed by atoms with E-state index in [2.05, 4.69) is 11.9 Å². The van der Waals surface area contributed by atoms with E-state index in [4.69, 9.17) is 10.00 Å². The third-order valence-corrected chi connectivity index (χ3v) is 1.62. The SMILES string of the molecule is CCCCOc1ccc(C#N)nc1. The van der Waals surface area contributed by atoms with Crippen molar-refractivity contribution in [1.82, 2.24) is 4.98 Å². The highest BCUT2D eigenvalue weighted by Gasteiger charge is 1.94. The number of pyridine rings is 1. The van der Waals surface area contributed by atoms with Gasteiger partial charge < -0.3 is 4.74 Å². The van der Waals surface area contributed by atoms with E-state index in [-0.39, 0.29) is 0 Å². The van der Waals surface area contributed by atoms with E-state index in [9.17, 15) is 0 Å². The van der Waals surface area contributed by atoms with Crippen LogP contribution in [0.15, 0.2) is 18.3 Å². The van der Waals surface area contributed by atoms with Gasteiger partial charge in [0.1, 0.15) is 17.5 Å². The van der Waals surface area contributed by atoms with Gasteiger partial charge in [0.25, 0.3) is 0 Å². The third kappa shape index (κ3) is 3.12. The summed E-state index contributed by atoms with van der Waals surface area (Å²) in [5, 5.41) is 8.49. The minimum Gasteiger partial charge on any atom is -0.492 e. The molecule has 0 aliphatic carbocycles. The van der Waals surface area contributed by atoms with Crippen LogP contribution in [-0.2, 0) is 0 Å². The zero-order chi connectivity index (χ0) is 9.52. The molecule has 0 N–H and O–H groups in total. The Balaban J connectivity index is 2.46. The fourth-order valence-corrected chi connectivity index (χ4v) is 0.866. The Bertz CT molecular complexity index is 287. The minimum atomic E-state index is 0.419. The second-order valence-electron chi connectivity index (χ2n) is 2.69. The molecule has 3 heteroatoms. The second kappa shape index (κ2) is 5.15. The van der Waals surface area contributed by atoms with Gasteiger partial charge >= 0.3 is 0 Å². The van der Waals surface area contributed by atoms with Crippen molar-refractivity contribution in [3.05, 3.63) is 24.0 Å². The highest BCUT2D eigenvalue weighted by atomic mass is 16.5. The molecular formula is C10H12N2O. The lowest BCUT2D eigenvalue weighted by atomic mass is 10.3. The maximum Gasteiger partial charge on any atom is 0.140 e. The highest BCUT2D eigenvalue weighted by molar-refractivity contribution is 5.26. The lowest BCUT2D eigenvalue weighted by Gasteiger charge is -2.03. The molecule has 1 aromatic heterocycles. The highest BCUT2D eigenvalue weighted by Crippen LogP contribution is 2.08. The molecule has 0 amide bonds. The van der Waals surface area contributed by atoms with Gasteiger partial charge in [-0.2, -0.15) is 5.26 Å². The molecule has 0 aromatic carbocycles. The first-order valence-corrected chi connectivity index (χ1v) is 4.35. The Hall–Kier alpha value is -1.56. The maximum atomic E-state index is 8.49. The Morgan fingerprint density at radius 3 is 2.92 bits per heavy atom. The van der Waals surface area contributed by atoms with E-state index < -0.39 is 0 Å². The summed E-state index contributed by atoms with van der Waals surface area (Å²) in [6.07, 6.45) is 3.73. The van der Waals surface area contributed by atoms with Gasteiger partial charge in [-0.1, -0.05) is 13.3 Å². The quantitative estimate of drug-likeness (QED) is 0.660. The zero-order valence-corrected chi connectivity index (χ0v) is 7.66. The van der Waals surface area contributed by atoms with Crippen molar-refractivity contribution in [2.24, 2.45) is 0 Å². The molecule has 0 unspecified atom stereocenters. The number of hydrogen-bond acceptors (Lipinski definition) is 3. The van der Waals surface area contributed by atoms with Gasteiger partial charge in [-0.15, -0.1) is 0 Å². The molecule has 0 aliphatic heterocycles. The van der Waals surface area contributed by atoms with Crippen LogP contribution in [0, 0.1) is 11.3 Å². The van der Waals surface area contributed by atoms with Crippen LogP contribution < -0.4 is 4.74 Å². The Morgan fingerprint density at radius 2 is 2.38 bits per heavy atom. The molecule has 1 rings (SSSR count). The number of unbranched alkanes of at least 4 members (excludes halogenated alkanes) is 1. The van der Waals surface area contributed by atoms with E-state index in [1.807, 2.05) is 6.07 Å². The number of rotatable bonds is 4. The Kier molecular flexibility index (Phi) is 3.77. The first-order valence-electron chi connectivity index (χ1n) is 4.35. The van der Waals surface area contributed by atoms with E-state index in [0.29, 0.717) is 12.3 Å². The van der Waals surface area contributed by atoms with Crippen LogP contribution in [0.5, 0.6) is 5.75 Å². The summed E-state index contributed by atoms with van der Waals surface area (Å²) < 4.78 is 5.37. The van der Waals surface area contributed by atoms with Gasteiger partial charge in [0, 0.05) is 0 Å². The largest absolute Gasteiger partial charge is 0.492 e. The lowest BCUT2D eigenvalue weighted by Crippen LogP contribution is -1.96. The molecule has 0 spiro atoms. The molecule has 0 radical (unpaired) electrons. The molecule has 68 valence electrons. The number of nitriles is 1. The van der Waals surface area contributed by atoms with Gasteiger partial charge in [-0.25, -0.2) is 4.98 Å². The summed E-state index contributed by atoms with van der Waals surface area (Å²) in [6.45, 7) is 2.82. The summed E-state index contributed by atoms with van der Waals surface area (Å²) in [5.74, 6) is 0.729. The maximum absolute atomic E-state index is 8.49. The number of hydrogen-bond donors (Lipinski definition) is 0. The van der Waals surface area contributed by atoms with Crippen molar-refractivity contribution in [2.75, 3.05) is 6.61 Å². The van der Waals surface area contributed by atoms with E-state index in [0.717, 1.165) is 18.6 Å². The molecule has 0 atom stereocenters. The van der Waals surface area contributed by atoms with Crippen molar-refractivity contribution < 1.29 is 4.74 Å². The van der Waals surface area contributed by atoms with Crippen molar-refractivity contribution in [2.45, 2.75) is 19.8 Å². The fraction of sp³-hybridized carbons (Fsp3) is 0.400. The van der Waals surface area contributed by atoms with Crippen molar-refractivity contribution in [3.63, 3.8) is 0 Å². The Labute approximate surface area is 78.0 Å². The van der Waals surface area contributed by atoms with Crippen LogP contribution in [0.1, 0.15) is 25.5 Å². The summed E-state index contributed by atoms with van der Waals surface area (Å²) in [5.41, 5.74) is 0.419. The first kappa shape index (κ1) is 9.53. The number of aromatic nitrogens is 1. The second-order valence-corrected chi connectivity index (χ2v) is 2.69. The molecule has 1 aromatic rings. The van der Waals surface area contributed by atoms with Crippen LogP contribution in [0.2, 0.25) is 0 Å². The summed E-state index contributed by atoms with van der Waals surface area (Å²) >= 11 is 0. The van der Waals surface area contributed by atoms with E-state index in [1.54, 1.807) is 18.3 Å². The zero-order valence-electron chi connectivity index (χ0n) is 7.66. The minimum absolute atomic E-state index is 0.419. The van der Waals surface area contributed by atoms with Crippen molar-refractivity contribution >= 4 is 0 Å². The van der Waals surface area contributed by atoms with Gasteiger partial charge in [0.2, 0.25) is 0 Å². The molecule has 0 saturated heterocycles. The van der Waals surface area contributed by atoms with Crippen molar-refractivity contribution in [3.8, 4) is 11.8 Å².